The van der Waals surface area contributed by atoms with E-state index in [-0.39, 0.29) is 0 Å². The average molecular weight is 149 g/mol. The van der Waals surface area contributed by atoms with E-state index in [9.17, 15) is 0 Å². The van der Waals surface area contributed by atoms with Crippen LogP contribution in [0.1, 0.15) is 31.2 Å². The third-order valence-electron chi connectivity index (χ3n) is 1.73. The molecule has 0 aromatic carbocycles. The maximum atomic E-state index is 4.41. The van der Waals surface area contributed by atoms with Gasteiger partial charge in [-0.3, -0.25) is 4.98 Å². The molecule has 1 nitrogen and oxygen atoms in total. The van der Waals surface area contributed by atoms with Crippen molar-refractivity contribution in [3.63, 3.8) is 0 Å². The van der Waals surface area contributed by atoms with Gasteiger partial charge in [-0.15, -0.1) is 0 Å². The summed E-state index contributed by atoms with van der Waals surface area (Å²) in [6.45, 7) is 4.24. The molecule has 60 valence electrons. The van der Waals surface area contributed by atoms with E-state index in [1.807, 2.05) is 13.0 Å². The molecule has 0 unspecified atom stereocenters. The molecule has 0 amide bonds. The minimum Gasteiger partial charge on any atom is -0.258 e. The van der Waals surface area contributed by atoms with Gasteiger partial charge in [0.05, 0.1) is 0 Å². The predicted octanol–water partition coefficient (Wildman–Crippen LogP) is 2.73. The number of rotatable bonds is 3. The zero-order valence-electron chi connectivity index (χ0n) is 7.30. The van der Waals surface area contributed by atoms with Crippen LogP contribution in [-0.4, -0.2) is 4.98 Å². The first-order chi connectivity index (χ1) is 5.33. The van der Waals surface area contributed by atoms with Gasteiger partial charge in [0.15, 0.2) is 0 Å². The Labute approximate surface area is 68.5 Å². The second-order valence-electron chi connectivity index (χ2n) is 2.87. The lowest BCUT2D eigenvalue weighted by Crippen LogP contribution is -1.90. The summed E-state index contributed by atoms with van der Waals surface area (Å²) in [5.41, 5.74) is 2.35. The highest BCUT2D eigenvalue weighted by molar-refractivity contribution is 5.09. The summed E-state index contributed by atoms with van der Waals surface area (Å²) < 4.78 is 0. The normalized spacial score (nSPS) is 10.0. The number of hydrogen-bond donors (Lipinski definition) is 0. The van der Waals surface area contributed by atoms with Crippen LogP contribution in [0.4, 0.5) is 0 Å². The van der Waals surface area contributed by atoms with E-state index in [2.05, 4.69) is 24.0 Å². The zero-order chi connectivity index (χ0) is 8.10. The molecule has 1 heteroatoms. The van der Waals surface area contributed by atoms with Gasteiger partial charge in [-0.2, -0.15) is 0 Å². The molecule has 0 saturated heterocycles. The van der Waals surface area contributed by atoms with Crippen LogP contribution in [0.3, 0.4) is 0 Å². The molecule has 0 N–H and O–H groups in total. The molecule has 0 bridgehead atoms. The second-order valence-corrected chi connectivity index (χ2v) is 2.87. The molecule has 0 aliphatic rings. The van der Waals surface area contributed by atoms with Crippen LogP contribution in [0.25, 0.3) is 0 Å². The first-order valence-electron chi connectivity index (χ1n) is 4.25. The summed E-state index contributed by atoms with van der Waals surface area (Å²) in [4.78, 5) is 4.41. The zero-order valence-corrected chi connectivity index (χ0v) is 7.30. The van der Waals surface area contributed by atoms with Crippen molar-refractivity contribution >= 4 is 0 Å². The third-order valence-corrected chi connectivity index (χ3v) is 1.73. The number of unbranched alkanes of at least 4 members (excludes halogenated alkanes) is 1. The van der Waals surface area contributed by atoms with Gasteiger partial charge in [-0.1, -0.05) is 19.4 Å². The summed E-state index contributed by atoms with van der Waals surface area (Å²) in [6.07, 6.45) is 3.62. The number of nitrogens with zero attached hydrogens (tertiary/aromatic N) is 1. The van der Waals surface area contributed by atoms with E-state index >= 15 is 0 Å². The van der Waals surface area contributed by atoms with E-state index < -0.39 is 0 Å². The molecule has 1 heterocycles. The topological polar surface area (TPSA) is 12.9 Å². The standard InChI is InChI=1S/C10H15N/c1-3-4-7-10-8-5-6-9(2)11-10/h5-6,8H,3-4,7H2,1-2H3. The summed E-state index contributed by atoms with van der Waals surface area (Å²) in [5, 5.41) is 0. The molecule has 1 aromatic rings. The monoisotopic (exact) mass is 149 g/mol. The Morgan fingerprint density at radius 2 is 2.18 bits per heavy atom. The fraction of sp³-hybridized carbons (Fsp3) is 0.500. The van der Waals surface area contributed by atoms with Gasteiger partial charge in [0, 0.05) is 11.4 Å². The lowest BCUT2D eigenvalue weighted by Gasteiger charge is -1.98. The van der Waals surface area contributed by atoms with Crippen molar-refractivity contribution in [2.45, 2.75) is 33.1 Å². The Balaban J connectivity index is 2.56. The molecule has 0 radical (unpaired) electrons. The lowest BCUT2D eigenvalue weighted by atomic mass is 10.2. The molecule has 1 rings (SSSR count). The first-order valence-corrected chi connectivity index (χ1v) is 4.25. The van der Waals surface area contributed by atoms with Gasteiger partial charge in [0.2, 0.25) is 0 Å². The van der Waals surface area contributed by atoms with E-state index in [0.29, 0.717) is 0 Å². The van der Waals surface area contributed by atoms with E-state index in [1.54, 1.807) is 0 Å². The van der Waals surface area contributed by atoms with Crippen molar-refractivity contribution in [3.8, 4) is 0 Å². The summed E-state index contributed by atoms with van der Waals surface area (Å²) in [5.74, 6) is 0. The molecule has 11 heavy (non-hydrogen) atoms. The van der Waals surface area contributed by atoms with Crippen molar-refractivity contribution < 1.29 is 0 Å². The Kier molecular flexibility index (Phi) is 3.09. The van der Waals surface area contributed by atoms with Crippen molar-refractivity contribution in [1.82, 2.24) is 4.98 Å². The highest BCUT2D eigenvalue weighted by atomic mass is 14.7. The minimum atomic E-state index is 1.12. The molecule has 0 atom stereocenters. The average Bonchev–Trinajstić information content (AvgIpc) is 2.01. The molecule has 0 fully saturated rings. The van der Waals surface area contributed by atoms with Crippen molar-refractivity contribution in [2.24, 2.45) is 0 Å². The smallest absolute Gasteiger partial charge is 0.0406 e. The quantitative estimate of drug-likeness (QED) is 0.644. The highest BCUT2D eigenvalue weighted by Crippen LogP contribution is 2.02. The van der Waals surface area contributed by atoms with Gasteiger partial charge in [-0.25, -0.2) is 0 Å². The van der Waals surface area contributed by atoms with Crippen LogP contribution < -0.4 is 0 Å². The molecule has 0 saturated carbocycles. The van der Waals surface area contributed by atoms with Crippen molar-refractivity contribution in [1.29, 1.82) is 0 Å². The van der Waals surface area contributed by atoms with E-state index in [4.69, 9.17) is 0 Å². The number of pyridine rings is 1. The van der Waals surface area contributed by atoms with Crippen molar-refractivity contribution in [3.05, 3.63) is 29.6 Å². The van der Waals surface area contributed by atoms with Gasteiger partial charge in [0.1, 0.15) is 0 Å². The number of aryl methyl sites for hydroxylation is 2. The van der Waals surface area contributed by atoms with Crippen LogP contribution in [0.2, 0.25) is 0 Å². The van der Waals surface area contributed by atoms with Gasteiger partial charge < -0.3 is 0 Å². The first kappa shape index (κ1) is 8.25. The van der Waals surface area contributed by atoms with Crippen LogP contribution in [0.15, 0.2) is 18.2 Å². The molecule has 1 aromatic heterocycles. The van der Waals surface area contributed by atoms with Crippen LogP contribution in [-0.2, 0) is 6.42 Å². The maximum Gasteiger partial charge on any atom is 0.0406 e. The van der Waals surface area contributed by atoms with Crippen LogP contribution in [0.5, 0.6) is 0 Å². The van der Waals surface area contributed by atoms with Crippen molar-refractivity contribution in [2.75, 3.05) is 0 Å². The molecule has 0 spiro atoms. The Morgan fingerprint density at radius 1 is 1.36 bits per heavy atom. The largest absolute Gasteiger partial charge is 0.258 e. The number of aromatic nitrogens is 1. The molecular formula is C10H15N. The fourth-order valence-corrected chi connectivity index (χ4v) is 1.10. The maximum absolute atomic E-state index is 4.41. The molecule has 0 aliphatic carbocycles. The predicted molar refractivity (Wildman–Crippen MR) is 47.6 cm³/mol. The second kappa shape index (κ2) is 4.12. The SMILES string of the molecule is CCCCc1cccc(C)n1. The van der Waals surface area contributed by atoms with Crippen LogP contribution >= 0.6 is 0 Å². The minimum absolute atomic E-state index is 1.12. The van der Waals surface area contributed by atoms with E-state index in [1.165, 1.54) is 18.5 Å². The lowest BCUT2D eigenvalue weighted by molar-refractivity contribution is 0.774. The Bertz CT molecular complexity index is 218. The highest BCUT2D eigenvalue weighted by Gasteiger charge is 1.92. The Morgan fingerprint density at radius 3 is 2.82 bits per heavy atom. The summed E-state index contributed by atoms with van der Waals surface area (Å²) >= 11 is 0. The van der Waals surface area contributed by atoms with Gasteiger partial charge in [0.25, 0.3) is 0 Å². The fourth-order valence-electron chi connectivity index (χ4n) is 1.10. The van der Waals surface area contributed by atoms with E-state index in [0.717, 1.165) is 12.1 Å². The Hall–Kier alpha value is -0.850. The van der Waals surface area contributed by atoms with Gasteiger partial charge in [-0.05, 0) is 31.9 Å². The number of hydrogen-bond acceptors (Lipinski definition) is 1. The molecular weight excluding hydrogens is 134 g/mol. The van der Waals surface area contributed by atoms with Crippen LogP contribution in [0, 0.1) is 6.92 Å². The summed E-state index contributed by atoms with van der Waals surface area (Å²) in [7, 11) is 0. The third kappa shape index (κ3) is 2.71. The summed E-state index contributed by atoms with van der Waals surface area (Å²) in [6, 6.07) is 6.21. The molecule has 0 aliphatic heterocycles. The van der Waals surface area contributed by atoms with Gasteiger partial charge >= 0.3 is 0 Å².